The molecule has 1 aromatic rings. The molecule has 100 valence electrons. The molecule has 0 saturated heterocycles. The third-order valence-corrected chi connectivity index (χ3v) is 3.46. The summed E-state index contributed by atoms with van der Waals surface area (Å²) in [4.78, 5) is 0. The number of nitrogens with zero attached hydrogens (tertiary/aromatic N) is 1. The zero-order valence-corrected chi connectivity index (χ0v) is 11.7. The highest BCUT2D eigenvalue weighted by Gasteiger charge is 2.12. The maximum atomic E-state index is 6.21. The van der Waals surface area contributed by atoms with Crippen molar-refractivity contribution in [1.82, 2.24) is 0 Å². The predicted molar refractivity (Wildman–Crippen MR) is 81.4 cm³/mol. The van der Waals surface area contributed by atoms with Crippen LogP contribution in [0.2, 0.25) is 0 Å². The van der Waals surface area contributed by atoms with Gasteiger partial charge < -0.3 is 5.01 Å². The van der Waals surface area contributed by atoms with Crippen molar-refractivity contribution in [3.05, 3.63) is 36.4 Å². The summed E-state index contributed by atoms with van der Waals surface area (Å²) in [6, 6.07) is 8.15. The van der Waals surface area contributed by atoms with Gasteiger partial charge in [0.25, 0.3) is 0 Å². The smallest absolute Gasteiger partial charge is 0.0589 e. The van der Waals surface area contributed by atoms with E-state index in [0.29, 0.717) is 5.92 Å². The summed E-state index contributed by atoms with van der Waals surface area (Å²) in [7, 11) is 0. The molecule has 0 saturated carbocycles. The van der Waals surface area contributed by atoms with Gasteiger partial charge in [-0.3, -0.25) is 0 Å². The van der Waals surface area contributed by atoms with Crippen LogP contribution in [-0.2, 0) is 0 Å². The molecule has 2 nitrogen and oxygen atoms in total. The minimum absolute atomic E-state index is 0.674. The van der Waals surface area contributed by atoms with Gasteiger partial charge >= 0.3 is 0 Å². The monoisotopic (exact) mass is 246 g/mol. The first-order chi connectivity index (χ1) is 8.72. The van der Waals surface area contributed by atoms with E-state index in [-0.39, 0.29) is 0 Å². The summed E-state index contributed by atoms with van der Waals surface area (Å²) >= 11 is 0. The molecule has 0 amide bonds. The molecular formula is C16H26N2. The Balaban J connectivity index is 2.67. The number of unbranched alkanes of at least 4 members (excludes halogenated alkanes) is 1. The highest BCUT2D eigenvalue weighted by Crippen LogP contribution is 2.22. The van der Waals surface area contributed by atoms with Gasteiger partial charge in [0, 0.05) is 6.54 Å². The second-order valence-electron chi connectivity index (χ2n) is 4.83. The summed E-state index contributed by atoms with van der Waals surface area (Å²) < 4.78 is 0. The molecule has 0 radical (unpaired) electrons. The van der Waals surface area contributed by atoms with E-state index in [1.165, 1.54) is 25.7 Å². The van der Waals surface area contributed by atoms with Crippen molar-refractivity contribution < 1.29 is 0 Å². The summed E-state index contributed by atoms with van der Waals surface area (Å²) in [6.07, 6.45) is 6.85. The Morgan fingerprint density at radius 2 is 2.06 bits per heavy atom. The van der Waals surface area contributed by atoms with Gasteiger partial charge in [-0.15, -0.1) is 0 Å². The molecule has 1 aromatic carbocycles. The van der Waals surface area contributed by atoms with Crippen molar-refractivity contribution in [2.24, 2.45) is 11.8 Å². The van der Waals surface area contributed by atoms with E-state index >= 15 is 0 Å². The number of hydrogen-bond acceptors (Lipinski definition) is 2. The molecule has 0 heterocycles. The minimum atomic E-state index is 0.674. The standard InChI is InChI=1S/C16H26N2/c1-4-7-10-14(5-2)13-18(17)16-12-9-8-11-15(16)6-3/h6,8-9,11-12,14H,3-5,7,10,13,17H2,1-2H3. The van der Waals surface area contributed by atoms with Crippen molar-refractivity contribution in [3.63, 3.8) is 0 Å². The molecule has 2 N–H and O–H groups in total. The van der Waals surface area contributed by atoms with E-state index in [1.54, 1.807) is 0 Å². The Labute approximate surface area is 111 Å². The van der Waals surface area contributed by atoms with Crippen LogP contribution in [-0.4, -0.2) is 6.54 Å². The molecular weight excluding hydrogens is 220 g/mol. The molecule has 0 aromatic heterocycles. The Bertz CT molecular complexity index is 360. The summed E-state index contributed by atoms with van der Waals surface area (Å²) in [5.41, 5.74) is 2.17. The highest BCUT2D eigenvalue weighted by atomic mass is 15.4. The molecule has 0 spiro atoms. The Morgan fingerprint density at radius 1 is 1.33 bits per heavy atom. The third-order valence-electron chi connectivity index (χ3n) is 3.46. The fourth-order valence-corrected chi connectivity index (χ4v) is 2.22. The minimum Gasteiger partial charge on any atom is -0.310 e. The number of rotatable bonds is 8. The lowest BCUT2D eigenvalue weighted by molar-refractivity contribution is 0.448. The van der Waals surface area contributed by atoms with Gasteiger partial charge in [-0.05, 0) is 24.0 Å². The van der Waals surface area contributed by atoms with E-state index < -0.39 is 0 Å². The van der Waals surface area contributed by atoms with Crippen molar-refractivity contribution >= 4 is 11.8 Å². The van der Waals surface area contributed by atoms with Gasteiger partial charge in [0.05, 0.1) is 5.69 Å². The zero-order chi connectivity index (χ0) is 13.4. The Hall–Kier alpha value is -1.28. The van der Waals surface area contributed by atoms with Crippen molar-refractivity contribution in [3.8, 4) is 0 Å². The van der Waals surface area contributed by atoms with Crippen LogP contribution in [0.1, 0.15) is 45.1 Å². The quantitative estimate of drug-likeness (QED) is 0.549. The molecule has 0 aliphatic rings. The number of nitrogens with two attached hydrogens (primary N) is 1. The lowest BCUT2D eigenvalue weighted by atomic mass is 9.99. The fourth-order valence-electron chi connectivity index (χ4n) is 2.22. The van der Waals surface area contributed by atoms with Crippen LogP contribution in [0.5, 0.6) is 0 Å². The molecule has 0 fully saturated rings. The van der Waals surface area contributed by atoms with Crippen molar-refractivity contribution in [1.29, 1.82) is 0 Å². The molecule has 2 heteroatoms. The first-order valence-electron chi connectivity index (χ1n) is 6.96. The number of para-hydroxylation sites is 1. The third kappa shape index (κ3) is 4.19. The molecule has 0 aliphatic heterocycles. The number of hydrogen-bond donors (Lipinski definition) is 1. The second-order valence-corrected chi connectivity index (χ2v) is 4.83. The van der Waals surface area contributed by atoms with E-state index in [4.69, 9.17) is 5.84 Å². The van der Waals surface area contributed by atoms with Crippen LogP contribution in [0.3, 0.4) is 0 Å². The van der Waals surface area contributed by atoms with Gasteiger partial charge in [-0.1, -0.05) is 64.0 Å². The van der Waals surface area contributed by atoms with Gasteiger partial charge in [-0.2, -0.15) is 0 Å². The average Bonchev–Trinajstić information content (AvgIpc) is 2.43. The summed E-state index contributed by atoms with van der Waals surface area (Å²) in [5, 5.41) is 1.88. The lowest BCUT2D eigenvalue weighted by Gasteiger charge is -2.25. The van der Waals surface area contributed by atoms with Crippen molar-refractivity contribution in [2.75, 3.05) is 11.6 Å². The molecule has 0 bridgehead atoms. The van der Waals surface area contributed by atoms with E-state index in [2.05, 4.69) is 32.6 Å². The maximum absolute atomic E-state index is 6.21. The summed E-state index contributed by atoms with van der Waals surface area (Å²) in [6.45, 7) is 9.24. The molecule has 0 aliphatic carbocycles. The maximum Gasteiger partial charge on any atom is 0.0589 e. The number of benzene rings is 1. The Morgan fingerprint density at radius 3 is 2.67 bits per heavy atom. The molecule has 1 atom stereocenters. The first-order valence-corrected chi connectivity index (χ1v) is 6.96. The van der Waals surface area contributed by atoms with Crippen LogP contribution in [0, 0.1) is 5.92 Å². The topological polar surface area (TPSA) is 29.3 Å². The first kappa shape index (κ1) is 14.8. The molecule has 1 rings (SSSR count). The molecule has 18 heavy (non-hydrogen) atoms. The largest absolute Gasteiger partial charge is 0.310 e. The SMILES string of the molecule is C=Cc1ccccc1N(N)CC(CC)CCCC. The van der Waals surface area contributed by atoms with E-state index in [1.807, 2.05) is 23.2 Å². The molecule has 1 unspecified atom stereocenters. The normalized spacial score (nSPS) is 12.2. The van der Waals surface area contributed by atoms with Crippen LogP contribution < -0.4 is 10.9 Å². The number of hydrazine groups is 1. The van der Waals surface area contributed by atoms with Gasteiger partial charge in [0.15, 0.2) is 0 Å². The fraction of sp³-hybridized carbons (Fsp3) is 0.500. The predicted octanol–water partition coefficient (Wildman–Crippen LogP) is 4.23. The summed E-state index contributed by atoms with van der Waals surface area (Å²) in [5.74, 6) is 6.88. The second kappa shape index (κ2) is 7.93. The van der Waals surface area contributed by atoms with Crippen LogP contribution in [0.4, 0.5) is 5.69 Å². The zero-order valence-electron chi connectivity index (χ0n) is 11.7. The number of anilines is 1. The van der Waals surface area contributed by atoms with Crippen LogP contribution >= 0.6 is 0 Å². The average molecular weight is 246 g/mol. The van der Waals surface area contributed by atoms with Crippen molar-refractivity contribution in [2.45, 2.75) is 39.5 Å². The van der Waals surface area contributed by atoms with Crippen LogP contribution in [0.25, 0.3) is 6.08 Å². The lowest BCUT2D eigenvalue weighted by Crippen LogP contribution is -2.36. The van der Waals surface area contributed by atoms with Gasteiger partial charge in [0.2, 0.25) is 0 Å². The van der Waals surface area contributed by atoms with Gasteiger partial charge in [0.1, 0.15) is 0 Å². The van der Waals surface area contributed by atoms with E-state index in [0.717, 1.165) is 17.8 Å². The van der Waals surface area contributed by atoms with E-state index in [9.17, 15) is 0 Å². The van der Waals surface area contributed by atoms with Crippen LogP contribution in [0.15, 0.2) is 30.8 Å². The Kier molecular flexibility index (Phi) is 6.51. The van der Waals surface area contributed by atoms with Gasteiger partial charge in [-0.25, -0.2) is 5.84 Å². The highest BCUT2D eigenvalue weighted by molar-refractivity contribution is 5.66.